The molecule has 0 bridgehead atoms. The van der Waals surface area contributed by atoms with Gasteiger partial charge in [-0.05, 0) is 23.1 Å². The van der Waals surface area contributed by atoms with Crippen LogP contribution in [0.2, 0.25) is 0 Å². The Morgan fingerprint density at radius 2 is 2.06 bits per heavy atom. The van der Waals surface area contributed by atoms with E-state index in [1.807, 2.05) is 18.3 Å². The Kier molecular flexibility index (Phi) is 2.74. The normalized spacial score (nSPS) is 13.8. The minimum atomic E-state index is 0.134. The highest BCUT2D eigenvalue weighted by Crippen LogP contribution is 2.39. The first-order chi connectivity index (χ1) is 7.93. The highest BCUT2D eigenvalue weighted by molar-refractivity contribution is 5.85. The molecule has 1 heterocycles. The summed E-state index contributed by atoms with van der Waals surface area (Å²) in [5.41, 5.74) is 2.34. The van der Waals surface area contributed by atoms with Gasteiger partial charge in [-0.15, -0.1) is 6.58 Å². The number of hydrogen-bond acceptors (Lipinski definition) is 1. The zero-order chi connectivity index (χ0) is 12.6. The average Bonchev–Trinajstić information content (AvgIpc) is 2.60. The van der Waals surface area contributed by atoms with Gasteiger partial charge >= 0.3 is 0 Å². The molecule has 1 atom stereocenters. The molecule has 2 nitrogen and oxygen atoms in total. The van der Waals surface area contributed by atoms with Gasteiger partial charge in [0, 0.05) is 29.1 Å². The van der Waals surface area contributed by atoms with Crippen LogP contribution in [0, 0.1) is 5.41 Å². The molecule has 2 heteroatoms. The molecule has 0 saturated heterocycles. The Morgan fingerprint density at radius 3 is 2.65 bits per heavy atom. The van der Waals surface area contributed by atoms with E-state index in [1.54, 1.807) is 12.1 Å². The first-order valence-corrected chi connectivity index (χ1v) is 5.86. The maximum atomic E-state index is 9.46. The predicted octanol–water partition coefficient (Wildman–Crippen LogP) is 4.19. The summed E-state index contributed by atoms with van der Waals surface area (Å²) in [6.45, 7) is 10.6. The summed E-state index contributed by atoms with van der Waals surface area (Å²) in [6, 6.07) is 5.43. The van der Waals surface area contributed by atoms with Gasteiger partial charge in [0.1, 0.15) is 5.75 Å². The van der Waals surface area contributed by atoms with E-state index in [9.17, 15) is 5.11 Å². The molecule has 0 aliphatic carbocycles. The van der Waals surface area contributed by atoms with Crippen LogP contribution in [0.1, 0.15) is 32.3 Å². The van der Waals surface area contributed by atoms with Crippen molar-refractivity contribution in [1.29, 1.82) is 0 Å². The first-order valence-electron chi connectivity index (χ1n) is 5.86. The van der Waals surface area contributed by atoms with E-state index in [2.05, 4.69) is 32.3 Å². The van der Waals surface area contributed by atoms with E-state index in [4.69, 9.17) is 0 Å². The molecule has 2 N–H and O–H groups in total. The van der Waals surface area contributed by atoms with Crippen LogP contribution >= 0.6 is 0 Å². The number of phenolic OH excluding ortho intramolecular Hbond substituents is 1. The standard InChI is InChI=1S/C15H19NO/c1-5-13(15(2,3)4)12-9-16-14-8-10(17)6-7-11(12)14/h5-9,13,16-17H,1H2,2-4H3. The molecular weight excluding hydrogens is 210 g/mol. The number of aromatic nitrogens is 1. The fourth-order valence-electron chi connectivity index (χ4n) is 2.34. The molecule has 0 radical (unpaired) electrons. The molecule has 0 aliphatic heterocycles. The Bertz CT molecular complexity index is 546. The number of H-pyrrole nitrogens is 1. The van der Waals surface area contributed by atoms with Crippen LogP contribution in [0.25, 0.3) is 10.9 Å². The van der Waals surface area contributed by atoms with E-state index < -0.39 is 0 Å². The van der Waals surface area contributed by atoms with E-state index in [0.717, 1.165) is 10.9 Å². The summed E-state index contributed by atoms with van der Waals surface area (Å²) in [7, 11) is 0. The van der Waals surface area contributed by atoms with Crippen molar-refractivity contribution in [2.75, 3.05) is 0 Å². The molecule has 1 aromatic carbocycles. The topological polar surface area (TPSA) is 36.0 Å². The van der Waals surface area contributed by atoms with E-state index in [1.165, 1.54) is 5.56 Å². The predicted molar refractivity (Wildman–Crippen MR) is 72.4 cm³/mol. The minimum absolute atomic E-state index is 0.134. The number of hydrogen-bond donors (Lipinski definition) is 2. The summed E-state index contributed by atoms with van der Waals surface area (Å²) in [6.07, 6.45) is 4.01. The van der Waals surface area contributed by atoms with Crippen LogP contribution in [0.15, 0.2) is 37.1 Å². The number of aromatic amines is 1. The minimum Gasteiger partial charge on any atom is -0.508 e. The largest absolute Gasteiger partial charge is 0.508 e. The highest BCUT2D eigenvalue weighted by atomic mass is 16.3. The number of fused-ring (bicyclic) bond motifs is 1. The fraction of sp³-hybridized carbons (Fsp3) is 0.333. The second-order valence-electron chi connectivity index (χ2n) is 5.55. The molecule has 0 aliphatic rings. The van der Waals surface area contributed by atoms with Crippen molar-refractivity contribution in [2.24, 2.45) is 5.41 Å². The Balaban J connectivity index is 2.59. The first kappa shape index (κ1) is 11.8. The van der Waals surface area contributed by atoms with Crippen LogP contribution in [0.4, 0.5) is 0 Å². The zero-order valence-electron chi connectivity index (χ0n) is 10.6. The van der Waals surface area contributed by atoms with Gasteiger partial charge in [-0.25, -0.2) is 0 Å². The van der Waals surface area contributed by atoms with Crippen LogP contribution in [0.5, 0.6) is 5.75 Å². The number of phenols is 1. The lowest BCUT2D eigenvalue weighted by Crippen LogP contribution is -2.15. The maximum Gasteiger partial charge on any atom is 0.117 e. The van der Waals surface area contributed by atoms with Crippen LogP contribution in [-0.4, -0.2) is 10.1 Å². The summed E-state index contributed by atoms with van der Waals surface area (Å²) in [5, 5.41) is 10.6. The third-order valence-corrected chi connectivity index (χ3v) is 3.20. The van der Waals surface area contributed by atoms with Crippen molar-refractivity contribution < 1.29 is 5.11 Å². The van der Waals surface area contributed by atoms with Crippen LogP contribution in [-0.2, 0) is 0 Å². The smallest absolute Gasteiger partial charge is 0.117 e. The molecule has 0 amide bonds. The average molecular weight is 229 g/mol. The molecule has 17 heavy (non-hydrogen) atoms. The number of benzene rings is 1. The Hall–Kier alpha value is -1.70. The Morgan fingerprint density at radius 1 is 1.35 bits per heavy atom. The lowest BCUT2D eigenvalue weighted by Gasteiger charge is -2.27. The van der Waals surface area contributed by atoms with Crippen molar-refractivity contribution in [3.8, 4) is 5.75 Å². The van der Waals surface area contributed by atoms with Gasteiger partial charge < -0.3 is 10.1 Å². The molecule has 90 valence electrons. The molecule has 2 aromatic rings. The third kappa shape index (κ3) is 2.07. The number of nitrogens with one attached hydrogen (secondary N) is 1. The maximum absolute atomic E-state index is 9.46. The second kappa shape index (κ2) is 3.95. The third-order valence-electron chi connectivity index (χ3n) is 3.20. The Labute approximate surface area is 102 Å². The lowest BCUT2D eigenvalue weighted by molar-refractivity contribution is 0.368. The SMILES string of the molecule is C=CC(c1c[nH]c2cc(O)ccc12)C(C)(C)C. The van der Waals surface area contributed by atoms with Gasteiger partial charge in [0.2, 0.25) is 0 Å². The van der Waals surface area contributed by atoms with Gasteiger partial charge in [-0.3, -0.25) is 0 Å². The fourth-order valence-corrected chi connectivity index (χ4v) is 2.34. The summed E-state index contributed by atoms with van der Waals surface area (Å²) in [4.78, 5) is 3.21. The van der Waals surface area contributed by atoms with Gasteiger partial charge in [0.05, 0.1) is 0 Å². The molecule has 0 saturated carbocycles. The van der Waals surface area contributed by atoms with Crippen molar-refractivity contribution in [1.82, 2.24) is 4.98 Å². The van der Waals surface area contributed by atoms with Crippen LogP contribution in [0.3, 0.4) is 0 Å². The molecular formula is C15H19NO. The van der Waals surface area contributed by atoms with Crippen molar-refractivity contribution >= 4 is 10.9 Å². The summed E-state index contributed by atoms with van der Waals surface area (Å²) < 4.78 is 0. The quantitative estimate of drug-likeness (QED) is 0.744. The van der Waals surface area contributed by atoms with Crippen molar-refractivity contribution in [3.05, 3.63) is 42.6 Å². The van der Waals surface area contributed by atoms with Crippen molar-refractivity contribution in [2.45, 2.75) is 26.7 Å². The molecule has 1 aromatic heterocycles. The number of rotatable bonds is 2. The van der Waals surface area contributed by atoms with Gasteiger partial charge in [0.25, 0.3) is 0 Å². The summed E-state index contributed by atoms with van der Waals surface area (Å²) >= 11 is 0. The zero-order valence-corrected chi connectivity index (χ0v) is 10.6. The number of aromatic hydroxyl groups is 1. The highest BCUT2D eigenvalue weighted by Gasteiger charge is 2.25. The van der Waals surface area contributed by atoms with Crippen LogP contribution < -0.4 is 0 Å². The van der Waals surface area contributed by atoms with E-state index >= 15 is 0 Å². The molecule has 2 rings (SSSR count). The van der Waals surface area contributed by atoms with Crippen molar-refractivity contribution in [3.63, 3.8) is 0 Å². The number of allylic oxidation sites excluding steroid dienone is 1. The van der Waals surface area contributed by atoms with E-state index in [0.29, 0.717) is 5.92 Å². The van der Waals surface area contributed by atoms with Gasteiger partial charge in [-0.1, -0.05) is 26.8 Å². The lowest BCUT2D eigenvalue weighted by atomic mass is 9.76. The monoisotopic (exact) mass is 229 g/mol. The second-order valence-corrected chi connectivity index (χ2v) is 5.55. The van der Waals surface area contributed by atoms with Gasteiger partial charge in [-0.2, -0.15) is 0 Å². The van der Waals surface area contributed by atoms with E-state index in [-0.39, 0.29) is 11.2 Å². The molecule has 1 unspecified atom stereocenters. The molecule has 0 spiro atoms. The molecule has 0 fully saturated rings. The van der Waals surface area contributed by atoms with Gasteiger partial charge in [0.15, 0.2) is 0 Å². The summed E-state index contributed by atoms with van der Waals surface area (Å²) in [5.74, 6) is 0.581.